The number of piperidine rings is 1. The molecule has 7 nitrogen and oxygen atoms in total. The zero-order valence-corrected chi connectivity index (χ0v) is 13.8. The molecule has 2 saturated heterocycles. The summed E-state index contributed by atoms with van der Waals surface area (Å²) in [5, 5.41) is 0. The summed E-state index contributed by atoms with van der Waals surface area (Å²) in [5.41, 5.74) is 5.80. The molecule has 0 spiro atoms. The van der Waals surface area contributed by atoms with Gasteiger partial charge in [-0.1, -0.05) is 0 Å². The standard InChI is InChI=1S/C17H23N3O4/c1-23-16-12(3-2-8-19-16)17(22)20-9-6-11(7-10-20)13-4-5-14(24-13)15(18)21/h2-3,8,11,13-14H,4-7,9-10H2,1H3,(H2,18,21)/t13-,14+/m0/s1. The van der Waals surface area contributed by atoms with Crippen LogP contribution in [0.2, 0.25) is 0 Å². The molecule has 130 valence electrons. The summed E-state index contributed by atoms with van der Waals surface area (Å²) in [7, 11) is 1.51. The number of rotatable bonds is 4. The van der Waals surface area contributed by atoms with Crippen molar-refractivity contribution in [3.05, 3.63) is 23.9 Å². The van der Waals surface area contributed by atoms with E-state index in [0.717, 1.165) is 19.3 Å². The Labute approximate surface area is 141 Å². The van der Waals surface area contributed by atoms with Gasteiger partial charge in [-0.25, -0.2) is 4.98 Å². The number of amides is 2. The van der Waals surface area contributed by atoms with Gasteiger partial charge in [0.2, 0.25) is 11.8 Å². The maximum absolute atomic E-state index is 12.7. The van der Waals surface area contributed by atoms with Crippen molar-refractivity contribution in [1.82, 2.24) is 9.88 Å². The predicted octanol–water partition coefficient (Wildman–Crippen LogP) is 0.975. The van der Waals surface area contributed by atoms with Crippen LogP contribution in [0.5, 0.6) is 5.88 Å². The number of carbonyl (C=O) groups is 2. The van der Waals surface area contributed by atoms with E-state index in [1.165, 1.54) is 7.11 Å². The summed E-state index contributed by atoms with van der Waals surface area (Å²) in [5.74, 6) is 0.289. The zero-order valence-electron chi connectivity index (χ0n) is 13.8. The number of methoxy groups -OCH3 is 1. The number of primary amides is 1. The number of pyridine rings is 1. The Hall–Kier alpha value is -2.15. The number of carbonyl (C=O) groups excluding carboxylic acids is 2. The van der Waals surface area contributed by atoms with Crippen LogP contribution in [0.15, 0.2) is 18.3 Å². The average Bonchev–Trinajstić information content (AvgIpc) is 3.11. The molecule has 2 aliphatic rings. The summed E-state index contributed by atoms with van der Waals surface area (Å²) in [6.45, 7) is 1.34. The molecule has 2 atom stereocenters. The van der Waals surface area contributed by atoms with Crippen molar-refractivity contribution in [1.29, 1.82) is 0 Å². The molecule has 2 fully saturated rings. The summed E-state index contributed by atoms with van der Waals surface area (Å²) in [6, 6.07) is 3.47. The van der Waals surface area contributed by atoms with Gasteiger partial charge >= 0.3 is 0 Å². The van der Waals surface area contributed by atoms with Gasteiger partial charge in [0.15, 0.2) is 0 Å². The molecule has 0 aliphatic carbocycles. The lowest BCUT2D eigenvalue weighted by Crippen LogP contribution is -2.41. The van der Waals surface area contributed by atoms with Gasteiger partial charge in [0, 0.05) is 19.3 Å². The minimum atomic E-state index is -0.450. The Morgan fingerprint density at radius 3 is 2.67 bits per heavy atom. The number of ether oxygens (including phenoxy) is 2. The monoisotopic (exact) mass is 333 g/mol. The Morgan fingerprint density at radius 2 is 2.04 bits per heavy atom. The third-order valence-electron chi connectivity index (χ3n) is 4.92. The van der Waals surface area contributed by atoms with E-state index in [2.05, 4.69) is 4.98 Å². The molecule has 1 aromatic heterocycles. The second-order valence-electron chi connectivity index (χ2n) is 6.33. The van der Waals surface area contributed by atoms with E-state index in [0.29, 0.717) is 36.9 Å². The number of hydrogen-bond acceptors (Lipinski definition) is 5. The Morgan fingerprint density at radius 1 is 1.29 bits per heavy atom. The summed E-state index contributed by atoms with van der Waals surface area (Å²) in [4.78, 5) is 29.8. The fourth-order valence-electron chi connectivity index (χ4n) is 3.58. The first kappa shape index (κ1) is 16.7. The summed E-state index contributed by atoms with van der Waals surface area (Å²) >= 11 is 0. The van der Waals surface area contributed by atoms with Gasteiger partial charge in [0.1, 0.15) is 11.7 Å². The molecule has 3 rings (SSSR count). The molecule has 0 bridgehead atoms. The number of nitrogens with two attached hydrogens (primary N) is 1. The summed E-state index contributed by atoms with van der Waals surface area (Å²) < 4.78 is 10.9. The predicted molar refractivity (Wildman–Crippen MR) is 86.5 cm³/mol. The number of aromatic nitrogens is 1. The SMILES string of the molecule is COc1ncccc1C(=O)N1CCC([C@@H]2CC[C@H](C(N)=O)O2)CC1. The van der Waals surface area contributed by atoms with Crippen molar-refractivity contribution < 1.29 is 19.1 Å². The Bertz CT molecular complexity index is 614. The first-order chi connectivity index (χ1) is 11.6. The van der Waals surface area contributed by atoms with E-state index < -0.39 is 6.10 Å². The average molecular weight is 333 g/mol. The molecule has 2 N–H and O–H groups in total. The highest BCUT2D eigenvalue weighted by Gasteiger charge is 2.36. The molecule has 0 saturated carbocycles. The number of hydrogen-bond donors (Lipinski definition) is 1. The lowest BCUT2D eigenvalue weighted by molar-refractivity contribution is -0.130. The van der Waals surface area contributed by atoms with E-state index >= 15 is 0 Å². The van der Waals surface area contributed by atoms with Crippen LogP contribution >= 0.6 is 0 Å². The molecular formula is C17H23N3O4. The van der Waals surface area contributed by atoms with Crippen molar-refractivity contribution in [3.63, 3.8) is 0 Å². The third kappa shape index (κ3) is 3.36. The molecule has 0 unspecified atom stereocenters. The molecule has 2 aliphatic heterocycles. The zero-order chi connectivity index (χ0) is 17.1. The highest BCUT2D eigenvalue weighted by atomic mass is 16.5. The van der Waals surface area contributed by atoms with Crippen LogP contribution in [-0.4, -0.2) is 54.1 Å². The van der Waals surface area contributed by atoms with Crippen LogP contribution < -0.4 is 10.5 Å². The van der Waals surface area contributed by atoms with E-state index in [9.17, 15) is 9.59 Å². The van der Waals surface area contributed by atoms with Gasteiger partial charge in [-0.05, 0) is 43.7 Å². The van der Waals surface area contributed by atoms with Gasteiger partial charge < -0.3 is 20.1 Å². The highest BCUT2D eigenvalue weighted by molar-refractivity contribution is 5.96. The molecule has 7 heteroatoms. The second-order valence-corrected chi connectivity index (χ2v) is 6.33. The van der Waals surface area contributed by atoms with Gasteiger partial charge in [0.05, 0.1) is 13.2 Å². The van der Waals surface area contributed by atoms with Crippen molar-refractivity contribution in [2.45, 2.75) is 37.9 Å². The van der Waals surface area contributed by atoms with Gasteiger partial charge in [-0.3, -0.25) is 9.59 Å². The normalized spacial score (nSPS) is 24.8. The molecule has 3 heterocycles. The van der Waals surface area contributed by atoms with Gasteiger partial charge in [-0.15, -0.1) is 0 Å². The molecule has 2 amide bonds. The van der Waals surface area contributed by atoms with E-state index in [1.807, 2.05) is 4.90 Å². The Kier molecular flexibility index (Phi) is 4.99. The van der Waals surface area contributed by atoms with Gasteiger partial charge in [-0.2, -0.15) is 0 Å². The fraction of sp³-hybridized carbons (Fsp3) is 0.588. The van der Waals surface area contributed by atoms with Crippen LogP contribution in [-0.2, 0) is 9.53 Å². The molecule has 24 heavy (non-hydrogen) atoms. The second kappa shape index (κ2) is 7.17. The van der Waals surface area contributed by atoms with E-state index in [-0.39, 0.29) is 17.9 Å². The van der Waals surface area contributed by atoms with E-state index in [1.54, 1.807) is 18.3 Å². The largest absolute Gasteiger partial charge is 0.480 e. The minimum absolute atomic E-state index is 0.0549. The van der Waals surface area contributed by atoms with Crippen molar-refractivity contribution in [2.75, 3.05) is 20.2 Å². The first-order valence-corrected chi connectivity index (χ1v) is 8.33. The van der Waals surface area contributed by atoms with Crippen LogP contribution in [0.4, 0.5) is 0 Å². The maximum atomic E-state index is 12.7. The molecular weight excluding hydrogens is 310 g/mol. The number of nitrogens with zero attached hydrogens (tertiary/aromatic N) is 2. The van der Waals surface area contributed by atoms with Crippen molar-refractivity contribution >= 4 is 11.8 Å². The minimum Gasteiger partial charge on any atom is -0.480 e. The lowest BCUT2D eigenvalue weighted by Gasteiger charge is -2.34. The smallest absolute Gasteiger partial charge is 0.259 e. The van der Waals surface area contributed by atoms with E-state index in [4.69, 9.17) is 15.2 Å². The van der Waals surface area contributed by atoms with Crippen LogP contribution in [0.25, 0.3) is 0 Å². The fourth-order valence-corrected chi connectivity index (χ4v) is 3.58. The first-order valence-electron chi connectivity index (χ1n) is 8.33. The topological polar surface area (TPSA) is 94.8 Å². The number of likely N-dealkylation sites (tertiary alicyclic amines) is 1. The highest BCUT2D eigenvalue weighted by Crippen LogP contribution is 2.32. The van der Waals surface area contributed by atoms with Crippen molar-refractivity contribution in [2.24, 2.45) is 11.7 Å². The summed E-state index contributed by atoms with van der Waals surface area (Å²) in [6.07, 6.45) is 4.53. The van der Waals surface area contributed by atoms with Gasteiger partial charge in [0.25, 0.3) is 5.91 Å². The molecule has 1 aromatic rings. The van der Waals surface area contributed by atoms with Crippen LogP contribution in [0.1, 0.15) is 36.0 Å². The quantitative estimate of drug-likeness (QED) is 0.886. The van der Waals surface area contributed by atoms with Crippen molar-refractivity contribution in [3.8, 4) is 5.88 Å². The molecule has 0 aromatic carbocycles. The third-order valence-corrected chi connectivity index (χ3v) is 4.92. The van der Waals surface area contributed by atoms with Crippen LogP contribution in [0.3, 0.4) is 0 Å². The van der Waals surface area contributed by atoms with Crippen LogP contribution in [0, 0.1) is 5.92 Å². The Balaban J connectivity index is 1.57. The molecule has 0 radical (unpaired) electrons. The maximum Gasteiger partial charge on any atom is 0.259 e. The lowest BCUT2D eigenvalue weighted by atomic mass is 9.89.